The molecule has 1 heterocycles. The molecule has 1 aliphatic heterocycles. The average molecular weight is 318 g/mol. The maximum absolute atomic E-state index is 13.7. The van der Waals surface area contributed by atoms with Crippen LogP contribution < -0.4 is 5.32 Å². The van der Waals surface area contributed by atoms with Crippen molar-refractivity contribution in [3.05, 3.63) is 59.7 Å². The molecule has 0 aliphatic carbocycles. The summed E-state index contributed by atoms with van der Waals surface area (Å²) in [5, 5.41) is 11.8. The quantitative estimate of drug-likeness (QED) is 0.878. The smallest absolute Gasteiger partial charge is 0.322 e. The van der Waals surface area contributed by atoms with Gasteiger partial charge in [-0.3, -0.25) is 0 Å². The minimum absolute atomic E-state index is 0.0484. The molecule has 3 rings (SSSR count). The molecule has 2 N–H and O–H groups in total. The van der Waals surface area contributed by atoms with Crippen molar-refractivity contribution in [1.29, 1.82) is 0 Å². The summed E-state index contributed by atoms with van der Waals surface area (Å²) in [4.78, 5) is 14.0. The van der Waals surface area contributed by atoms with Crippen molar-refractivity contribution in [2.45, 2.75) is 18.9 Å². The van der Waals surface area contributed by atoms with E-state index in [1.54, 1.807) is 29.2 Å². The molecule has 0 unspecified atom stereocenters. The molecule has 0 aromatic heterocycles. The predicted octanol–water partition coefficient (Wildman–Crippen LogP) is 4.04. The van der Waals surface area contributed by atoms with Crippen LogP contribution in [-0.4, -0.2) is 22.6 Å². The average Bonchev–Trinajstić information content (AvgIpc) is 3.00. The number of carbonyl (C=O) groups is 1. The summed E-state index contributed by atoms with van der Waals surface area (Å²) >= 11 is 0. The van der Waals surface area contributed by atoms with E-state index in [9.17, 15) is 18.7 Å². The van der Waals surface area contributed by atoms with Crippen molar-refractivity contribution in [2.75, 3.05) is 11.9 Å². The van der Waals surface area contributed by atoms with Crippen molar-refractivity contribution in [2.24, 2.45) is 0 Å². The Morgan fingerprint density at radius 2 is 1.91 bits per heavy atom. The van der Waals surface area contributed by atoms with Crippen LogP contribution in [0.3, 0.4) is 0 Å². The first kappa shape index (κ1) is 15.3. The summed E-state index contributed by atoms with van der Waals surface area (Å²) < 4.78 is 26.6. The zero-order valence-electron chi connectivity index (χ0n) is 12.3. The van der Waals surface area contributed by atoms with E-state index in [4.69, 9.17) is 0 Å². The first-order valence-corrected chi connectivity index (χ1v) is 7.36. The standard InChI is InChI=1S/C17H16F2N2O2/c18-12-5-8-15(14(19)10-12)20-17(23)21-9-1-2-16(21)11-3-6-13(22)7-4-11/h3-8,10,16,22H,1-2,9H2,(H,20,23)/t16-/m0/s1. The molecular formula is C17H16F2N2O2. The topological polar surface area (TPSA) is 52.6 Å². The molecule has 23 heavy (non-hydrogen) atoms. The number of anilines is 1. The Balaban J connectivity index is 1.76. The number of phenolic OH excluding ortho intramolecular Hbond substituents is 1. The van der Waals surface area contributed by atoms with Gasteiger partial charge in [-0.05, 0) is 42.7 Å². The highest BCUT2D eigenvalue weighted by Crippen LogP contribution is 2.33. The molecule has 2 aromatic rings. The van der Waals surface area contributed by atoms with Crippen LogP contribution in [0.5, 0.6) is 5.75 Å². The van der Waals surface area contributed by atoms with Crippen molar-refractivity contribution in [3.63, 3.8) is 0 Å². The number of benzene rings is 2. The van der Waals surface area contributed by atoms with Gasteiger partial charge in [0.25, 0.3) is 0 Å². The van der Waals surface area contributed by atoms with E-state index in [1.807, 2.05) is 0 Å². The largest absolute Gasteiger partial charge is 0.508 e. The molecule has 2 aromatic carbocycles. The third-order valence-electron chi connectivity index (χ3n) is 3.96. The van der Waals surface area contributed by atoms with Gasteiger partial charge in [0.05, 0.1) is 11.7 Å². The highest BCUT2D eigenvalue weighted by molar-refractivity contribution is 5.90. The molecule has 0 spiro atoms. The normalized spacial score (nSPS) is 17.3. The van der Waals surface area contributed by atoms with Crippen molar-refractivity contribution >= 4 is 11.7 Å². The van der Waals surface area contributed by atoms with Gasteiger partial charge in [0, 0.05) is 12.6 Å². The SMILES string of the molecule is O=C(Nc1ccc(F)cc1F)N1CCC[C@H]1c1ccc(O)cc1. The Hall–Kier alpha value is -2.63. The first-order valence-electron chi connectivity index (χ1n) is 7.36. The van der Waals surface area contributed by atoms with E-state index < -0.39 is 17.7 Å². The Morgan fingerprint density at radius 1 is 1.17 bits per heavy atom. The molecule has 6 heteroatoms. The fourth-order valence-electron chi connectivity index (χ4n) is 2.83. The number of likely N-dealkylation sites (tertiary alicyclic amines) is 1. The number of urea groups is 1. The number of aromatic hydroxyl groups is 1. The van der Waals surface area contributed by atoms with Gasteiger partial charge < -0.3 is 15.3 Å². The number of hydrogen-bond acceptors (Lipinski definition) is 2. The second-order valence-corrected chi connectivity index (χ2v) is 5.50. The van der Waals surface area contributed by atoms with Crippen LogP contribution in [0.25, 0.3) is 0 Å². The summed E-state index contributed by atoms with van der Waals surface area (Å²) in [5.41, 5.74) is 0.864. The summed E-state index contributed by atoms with van der Waals surface area (Å²) in [5.74, 6) is -1.33. The van der Waals surface area contributed by atoms with Crippen LogP contribution in [0.1, 0.15) is 24.4 Å². The van der Waals surface area contributed by atoms with E-state index in [0.29, 0.717) is 6.54 Å². The maximum atomic E-state index is 13.7. The molecule has 1 saturated heterocycles. The first-order chi connectivity index (χ1) is 11.0. The zero-order chi connectivity index (χ0) is 16.4. The molecule has 120 valence electrons. The van der Waals surface area contributed by atoms with Crippen LogP contribution >= 0.6 is 0 Å². The number of nitrogens with one attached hydrogen (secondary N) is 1. The Morgan fingerprint density at radius 3 is 2.61 bits per heavy atom. The van der Waals surface area contributed by atoms with Crippen molar-refractivity contribution < 1.29 is 18.7 Å². The minimum Gasteiger partial charge on any atom is -0.508 e. The Kier molecular flexibility index (Phi) is 4.14. The lowest BCUT2D eigenvalue weighted by Crippen LogP contribution is -2.34. The Bertz CT molecular complexity index is 719. The van der Waals surface area contributed by atoms with E-state index in [2.05, 4.69) is 5.32 Å². The van der Waals surface area contributed by atoms with Crippen LogP contribution in [0, 0.1) is 11.6 Å². The molecule has 0 saturated carbocycles. The monoisotopic (exact) mass is 318 g/mol. The number of phenols is 1. The molecule has 1 atom stereocenters. The minimum atomic E-state index is -0.807. The van der Waals surface area contributed by atoms with Crippen LogP contribution in [0.15, 0.2) is 42.5 Å². The van der Waals surface area contributed by atoms with Gasteiger partial charge in [0.15, 0.2) is 0 Å². The van der Waals surface area contributed by atoms with Crippen LogP contribution in [0.4, 0.5) is 19.3 Å². The summed E-state index contributed by atoms with van der Waals surface area (Å²) in [6.07, 6.45) is 1.63. The number of amides is 2. The van der Waals surface area contributed by atoms with Gasteiger partial charge in [-0.25, -0.2) is 13.6 Å². The van der Waals surface area contributed by atoms with Crippen molar-refractivity contribution in [1.82, 2.24) is 4.90 Å². The lowest BCUT2D eigenvalue weighted by atomic mass is 10.0. The Labute approximate surface area is 132 Å². The fraction of sp³-hybridized carbons (Fsp3) is 0.235. The van der Waals surface area contributed by atoms with Crippen LogP contribution in [-0.2, 0) is 0 Å². The highest BCUT2D eigenvalue weighted by Gasteiger charge is 2.30. The number of rotatable bonds is 2. The molecule has 1 fully saturated rings. The highest BCUT2D eigenvalue weighted by atomic mass is 19.1. The van der Waals surface area contributed by atoms with Gasteiger partial charge in [0.1, 0.15) is 17.4 Å². The van der Waals surface area contributed by atoms with E-state index in [1.165, 1.54) is 6.07 Å². The van der Waals surface area contributed by atoms with Gasteiger partial charge in [0.2, 0.25) is 0 Å². The molecular weight excluding hydrogens is 302 g/mol. The van der Waals surface area contributed by atoms with Crippen molar-refractivity contribution in [3.8, 4) is 5.75 Å². The summed E-state index contributed by atoms with van der Waals surface area (Å²) in [7, 11) is 0. The van der Waals surface area contributed by atoms with E-state index >= 15 is 0 Å². The van der Waals surface area contributed by atoms with E-state index in [0.717, 1.165) is 30.5 Å². The number of hydrogen-bond donors (Lipinski definition) is 2. The number of nitrogens with zero attached hydrogens (tertiary/aromatic N) is 1. The fourth-order valence-corrected chi connectivity index (χ4v) is 2.83. The lowest BCUT2D eigenvalue weighted by molar-refractivity contribution is 0.207. The van der Waals surface area contributed by atoms with Gasteiger partial charge in [-0.1, -0.05) is 12.1 Å². The third-order valence-corrected chi connectivity index (χ3v) is 3.96. The molecule has 1 aliphatic rings. The summed E-state index contributed by atoms with van der Waals surface area (Å²) in [6.45, 7) is 0.556. The molecule has 2 amide bonds. The predicted molar refractivity (Wildman–Crippen MR) is 82.2 cm³/mol. The number of carbonyl (C=O) groups excluding carboxylic acids is 1. The lowest BCUT2D eigenvalue weighted by Gasteiger charge is -2.25. The third kappa shape index (κ3) is 3.26. The molecule has 4 nitrogen and oxygen atoms in total. The maximum Gasteiger partial charge on any atom is 0.322 e. The molecule has 0 radical (unpaired) electrons. The summed E-state index contributed by atoms with van der Waals surface area (Å²) in [6, 6.07) is 9.16. The second-order valence-electron chi connectivity index (χ2n) is 5.50. The van der Waals surface area contributed by atoms with Gasteiger partial charge >= 0.3 is 6.03 Å². The zero-order valence-corrected chi connectivity index (χ0v) is 12.3. The van der Waals surface area contributed by atoms with E-state index in [-0.39, 0.29) is 17.5 Å². The second kappa shape index (κ2) is 6.24. The van der Waals surface area contributed by atoms with Gasteiger partial charge in [-0.2, -0.15) is 0 Å². The number of halogens is 2. The van der Waals surface area contributed by atoms with Gasteiger partial charge in [-0.15, -0.1) is 0 Å². The van der Waals surface area contributed by atoms with Crippen LogP contribution in [0.2, 0.25) is 0 Å². The molecule has 0 bridgehead atoms.